The van der Waals surface area contributed by atoms with Crippen molar-refractivity contribution in [3.05, 3.63) is 187 Å². The highest BCUT2D eigenvalue weighted by Gasteiger charge is 2.39. The van der Waals surface area contributed by atoms with Crippen molar-refractivity contribution in [3.8, 4) is 33.4 Å². The Morgan fingerprint density at radius 3 is 1.91 bits per heavy atom. The van der Waals surface area contributed by atoms with Gasteiger partial charge in [-0.05, 0) is 134 Å². The second kappa shape index (κ2) is 15.2. The summed E-state index contributed by atoms with van der Waals surface area (Å²) in [7, 11) is 2.35. The Labute approximate surface area is 394 Å². The standard InChI is InChI=1S/C62H54BN2O2/c1-60(2,3)41-27-31-52(45(35-41)39-20-12-9-13-21-39)65-57-55(63-56-44-23-15-17-25-54(44)67-59(56)65)47(37-48-43-22-14-16-24-53(43)66-58(48)57)46-34-40(38-18-10-8-11-19-38)26-30-51(46)64-42-28-29-49-50(36-42)62(6,7)33-32-61(49,4)5/h8-31,34-37,64H,32-33H2,1-7H3. The lowest BCUT2D eigenvalue weighted by molar-refractivity contribution is 0.332. The Morgan fingerprint density at radius 1 is 0.522 bits per heavy atom. The number of nitrogens with zero attached hydrogens (tertiary/aromatic N) is 1. The summed E-state index contributed by atoms with van der Waals surface area (Å²) in [6.45, 7) is 16.4. The van der Waals surface area contributed by atoms with E-state index in [2.05, 4.69) is 236 Å². The number of rotatable bonds is 6. The van der Waals surface area contributed by atoms with Gasteiger partial charge in [0, 0.05) is 38.7 Å². The zero-order chi connectivity index (χ0) is 45.8. The van der Waals surface area contributed by atoms with Crippen molar-refractivity contribution in [2.45, 2.75) is 77.6 Å². The zero-order valence-corrected chi connectivity index (χ0v) is 39.4. The molecule has 67 heavy (non-hydrogen) atoms. The van der Waals surface area contributed by atoms with Gasteiger partial charge in [0.25, 0.3) is 0 Å². The van der Waals surface area contributed by atoms with Crippen molar-refractivity contribution in [1.82, 2.24) is 0 Å². The first-order valence-electron chi connectivity index (χ1n) is 23.8. The van der Waals surface area contributed by atoms with Gasteiger partial charge in [0.1, 0.15) is 11.2 Å². The Hall–Kier alpha value is -7.24. The van der Waals surface area contributed by atoms with Crippen molar-refractivity contribution >= 4 is 79.7 Å². The maximum absolute atomic E-state index is 7.10. The molecule has 0 fully saturated rings. The first-order chi connectivity index (χ1) is 32.3. The van der Waals surface area contributed by atoms with Gasteiger partial charge in [-0.2, -0.15) is 0 Å². The molecular formula is C62H54BN2O2. The molecular weight excluding hydrogens is 816 g/mol. The lowest BCUT2D eigenvalue weighted by atomic mass is 9.58. The number of benzene rings is 8. The van der Waals surface area contributed by atoms with Crippen molar-refractivity contribution in [3.63, 3.8) is 0 Å². The van der Waals surface area contributed by atoms with Crippen LogP contribution in [-0.2, 0) is 16.2 Å². The molecule has 1 N–H and O–H groups in total. The van der Waals surface area contributed by atoms with Crippen LogP contribution in [0.5, 0.6) is 0 Å². The van der Waals surface area contributed by atoms with E-state index in [0.717, 1.165) is 112 Å². The summed E-state index contributed by atoms with van der Waals surface area (Å²) in [6, 6.07) is 61.6. The van der Waals surface area contributed by atoms with Gasteiger partial charge in [0.15, 0.2) is 11.5 Å². The van der Waals surface area contributed by atoms with E-state index in [1.807, 2.05) is 0 Å². The molecule has 0 amide bonds. The van der Waals surface area contributed by atoms with Gasteiger partial charge in [0.2, 0.25) is 7.28 Å². The third kappa shape index (κ3) is 6.81. The van der Waals surface area contributed by atoms with Crippen molar-refractivity contribution < 1.29 is 8.83 Å². The van der Waals surface area contributed by atoms with Crippen LogP contribution in [0.25, 0.3) is 66.3 Å². The molecule has 1 aliphatic carbocycles. The van der Waals surface area contributed by atoms with E-state index in [4.69, 9.17) is 8.83 Å². The van der Waals surface area contributed by atoms with Crippen LogP contribution in [0.4, 0.5) is 28.6 Å². The van der Waals surface area contributed by atoms with Gasteiger partial charge in [-0.25, -0.2) is 0 Å². The van der Waals surface area contributed by atoms with Gasteiger partial charge in [-0.3, -0.25) is 4.90 Å². The summed E-state index contributed by atoms with van der Waals surface area (Å²) in [6.07, 6.45) is 2.33. The average Bonchev–Trinajstić information content (AvgIpc) is 3.91. The topological polar surface area (TPSA) is 41.6 Å². The maximum atomic E-state index is 7.10. The van der Waals surface area contributed by atoms with Crippen LogP contribution in [-0.4, -0.2) is 7.28 Å². The van der Waals surface area contributed by atoms with E-state index in [1.165, 1.54) is 23.1 Å². The summed E-state index contributed by atoms with van der Waals surface area (Å²) < 4.78 is 14.2. The molecule has 2 aliphatic rings. The summed E-state index contributed by atoms with van der Waals surface area (Å²) in [5.41, 5.74) is 19.7. The minimum Gasteiger partial charge on any atom is -0.454 e. The molecule has 327 valence electrons. The van der Waals surface area contributed by atoms with Gasteiger partial charge in [0.05, 0.1) is 11.4 Å². The molecule has 3 heterocycles. The van der Waals surface area contributed by atoms with E-state index in [-0.39, 0.29) is 16.2 Å². The number of para-hydroxylation sites is 2. The number of furan rings is 2. The van der Waals surface area contributed by atoms with Crippen molar-refractivity contribution in [1.29, 1.82) is 0 Å². The fourth-order valence-corrected chi connectivity index (χ4v) is 10.8. The molecule has 10 aromatic rings. The molecule has 0 bridgehead atoms. The Kier molecular flexibility index (Phi) is 9.32. The molecule has 12 rings (SSSR count). The van der Waals surface area contributed by atoms with E-state index in [0.29, 0.717) is 0 Å². The zero-order valence-electron chi connectivity index (χ0n) is 39.4. The summed E-state index contributed by atoms with van der Waals surface area (Å²) in [5.74, 6) is 0.768. The van der Waals surface area contributed by atoms with Gasteiger partial charge in [-0.1, -0.05) is 164 Å². The summed E-state index contributed by atoms with van der Waals surface area (Å²) in [4.78, 5) is 2.36. The second-order valence-electron chi connectivity index (χ2n) is 21.1. The minimum absolute atomic E-state index is 0.0716. The molecule has 4 nitrogen and oxygen atoms in total. The Bertz CT molecular complexity index is 3570. The fraction of sp³-hybridized carbons (Fsp3) is 0.194. The normalized spacial score (nSPS) is 15.0. The van der Waals surface area contributed by atoms with Crippen molar-refractivity contribution in [2.75, 3.05) is 10.2 Å². The summed E-state index contributed by atoms with van der Waals surface area (Å²) >= 11 is 0. The number of anilines is 5. The first-order valence-corrected chi connectivity index (χ1v) is 23.8. The predicted octanol–water partition coefficient (Wildman–Crippen LogP) is 16.2. The molecule has 2 aromatic heterocycles. The number of hydrogen-bond acceptors (Lipinski definition) is 4. The van der Waals surface area contributed by atoms with E-state index in [9.17, 15) is 0 Å². The monoisotopic (exact) mass is 869 g/mol. The number of fused-ring (bicyclic) bond motifs is 9. The number of nitrogens with one attached hydrogen (secondary N) is 1. The van der Waals surface area contributed by atoms with Crippen LogP contribution in [0.1, 0.15) is 78.0 Å². The highest BCUT2D eigenvalue weighted by molar-refractivity contribution is 6.76. The molecule has 8 aromatic carbocycles. The largest absolute Gasteiger partial charge is 0.454 e. The van der Waals surface area contributed by atoms with Crippen LogP contribution in [0.15, 0.2) is 179 Å². The van der Waals surface area contributed by atoms with Crippen LogP contribution < -0.4 is 21.1 Å². The smallest absolute Gasteiger partial charge is 0.203 e. The SMILES string of the molecule is CC(C)(C)c1ccc(N2c3oc4ccccc4c3[B]c3c(-c4cc(-c5ccccc5)ccc4Nc4ccc5c(c4)C(C)(C)CCC5(C)C)cc4c(oc5ccccc54)c32)c(-c2ccccc2)c1. The minimum atomic E-state index is -0.0729. The molecule has 0 atom stereocenters. The number of hydrogen-bond donors (Lipinski definition) is 1. The van der Waals surface area contributed by atoms with Gasteiger partial charge < -0.3 is 14.2 Å². The Morgan fingerprint density at radius 2 is 1.18 bits per heavy atom. The summed E-state index contributed by atoms with van der Waals surface area (Å²) in [5, 5.41) is 7.19. The Balaban J connectivity index is 1.17. The van der Waals surface area contributed by atoms with Crippen LogP contribution in [0.2, 0.25) is 0 Å². The average molecular weight is 870 g/mol. The highest BCUT2D eigenvalue weighted by atomic mass is 16.4. The third-order valence-electron chi connectivity index (χ3n) is 14.7. The molecule has 0 saturated carbocycles. The van der Waals surface area contributed by atoms with E-state index < -0.39 is 0 Å². The molecule has 1 radical (unpaired) electrons. The van der Waals surface area contributed by atoms with E-state index in [1.54, 1.807) is 0 Å². The van der Waals surface area contributed by atoms with E-state index >= 15 is 0 Å². The quantitative estimate of drug-likeness (QED) is 0.169. The predicted molar refractivity (Wildman–Crippen MR) is 283 cm³/mol. The van der Waals surface area contributed by atoms with Crippen LogP contribution in [0.3, 0.4) is 0 Å². The fourth-order valence-electron chi connectivity index (χ4n) is 10.8. The molecule has 1 aliphatic heterocycles. The highest BCUT2D eigenvalue weighted by Crippen LogP contribution is 2.51. The maximum Gasteiger partial charge on any atom is 0.203 e. The van der Waals surface area contributed by atoms with Crippen LogP contribution in [0, 0.1) is 0 Å². The molecule has 0 unspecified atom stereocenters. The van der Waals surface area contributed by atoms with Crippen LogP contribution >= 0.6 is 0 Å². The molecule has 0 saturated heterocycles. The first kappa shape index (κ1) is 41.2. The third-order valence-corrected chi connectivity index (χ3v) is 14.7. The second-order valence-corrected chi connectivity index (χ2v) is 21.1. The van der Waals surface area contributed by atoms with Gasteiger partial charge in [-0.15, -0.1) is 0 Å². The van der Waals surface area contributed by atoms with Gasteiger partial charge >= 0.3 is 0 Å². The lowest BCUT2D eigenvalue weighted by Crippen LogP contribution is -2.40. The molecule has 5 heteroatoms. The lowest BCUT2D eigenvalue weighted by Gasteiger charge is -2.42. The van der Waals surface area contributed by atoms with Crippen molar-refractivity contribution in [2.24, 2.45) is 0 Å². The molecule has 0 spiro atoms.